The molecule has 3 nitrogen and oxygen atoms in total. The monoisotopic (exact) mass is 253 g/mol. The maximum atomic E-state index is 4.42. The third-order valence-electron chi connectivity index (χ3n) is 3.69. The number of piperidine rings is 1. The van der Waals surface area contributed by atoms with Crippen LogP contribution in [0.15, 0.2) is 11.6 Å². The topological polar surface area (TPSA) is 28.2 Å². The van der Waals surface area contributed by atoms with Crippen molar-refractivity contribution >= 4 is 11.3 Å². The zero-order valence-corrected chi connectivity index (χ0v) is 11.7. The summed E-state index contributed by atoms with van der Waals surface area (Å²) in [6, 6.07) is 0.495. The van der Waals surface area contributed by atoms with Crippen molar-refractivity contribution in [1.29, 1.82) is 0 Å². The predicted molar refractivity (Wildman–Crippen MR) is 73.4 cm³/mol. The molecule has 0 aromatic carbocycles. The number of nitrogens with one attached hydrogen (secondary N) is 1. The van der Waals surface area contributed by atoms with E-state index in [0.717, 1.165) is 12.5 Å². The molecular weight excluding hydrogens is 230 g/mol. The van der Waals surface area contributed by atoms with Crippen molar-refractivity contribution in [2.75, 3.05) is 26.2 Å². The van der Waals surface area contributed by atoms with Gasteiger partial charge in [-0.15, -0.1) is 11.3 Å². The Morgan fingerprint density at radius 3 is 2.88 bits per heavy atom. The highest BCUT2D eigenvalue weighted by atomic mass is 32.1. The molecule has 0 saturated carbocycles. The molecule has 0 bridgehead atoms. The average Bonchev–Trinajstić information content (AvgIpc) is 2.90. The van der Waals surface area contributed by atoms with Crippen molar-refractivity contribution in [3.63, 3.8) is 0 Å². The van der Waals surface area contributed by atoms with Crippen LogP contribution in [0.5, 0.6) is 0 Å². The standard InChI is InChI=1S/C13H23N3S/c1-3-14-10-12-4-7-16(8-5-12)11(2)13-15-6-9-17-13/h6,9,11-12,14H,3-5,7-8,10H2,1-2H3. The van der Waals surface area contributed by atoms with Crippen molar-refractivity contribution in [2.45, 2.75) is 32.7 Å². The minimum Gasteiger partial charge on any atom is -0.317 e. The van der Waals surface area contributed by atoms with Crippen molar-refractivity contribution < 1.29 is 0 Å². The quantitative estimate of drug-likeness (QED) is 0.874. The fraction of sp³-hybridized carbons (Fsp3) is 0.769. The van der Waals surface area contributed by atoms with Gasteiger partial charge in [-0.2, -0.15) is 0 Å². The van der Waals surface area contributed by atoms with E-state index in [4.69, 9.17) is 0 Å². The Balaban J connectivity index is 1.79. The summed E-state index contributed by atoms with van der Waals surface area (Å²) >= 11 is 1.77. The van der Waals surface area contributed by atoms with E-state index in [9.17, 15) is 0 Å². The summed E-state index contributed by atoms with van der Waals surface area (Å²) in [6.07, 6.45) is 4.56. The normalized spacial score (nSPS) is 20.6. The molecule has 4 heteroatoms. The molecule has 17 heavy (non-hydrogen) atoms. The Labute approximate surface area is 108 Å². The molecule has 2 rings (SSSR count). The van der Waals surface area contributed by atoms with Gasteiger partial charge in [-0.1, -0.05) is 6.92 Å². The van der Waals surface area contributed by atoms with Gasteiger partial charge in [-0.3, -0.25) is 4.90 Å². The first-order chi connectivity index (χ1) is 8.31. The van der Waals surface area contributed by atoms with Crippen LogP contribution in [0.1, 0.15) is 37.7 Å². The highest BCUT2D eigenvalue weighted by molar-refractivity contribution is 7.09. The SMILES string of the molecule is CCNCC1CCN(C(C)c2nccs2)CC1. The Kier molecular flexibility index (Phi) is 4.95. The van der Waals surface area contributed by atoms with Gasteiger partial charge in [0.25, 0.3) is 0 Å². The summed E-state index contributed by atoms with van der Waals surface area (Å²) in [7, 11) is 0. The van der Waals surface area contributed by atoms with Gasteiger partial charge in [0.05, 0.1) is 6.04 Å². The minimum atomic E-state index is 0.495. The molecule has 0 radical (unpaired) electrons. The van der Waals surface area contributed by atoms with Crippen LogP contribution in [0.25, 0.3) is 0 Å². The van der Waals surface area contributed by atoms with E-state index in [1.807, 2.05) is 6.20 Å². The highest BCUT2D eigenvalue weighted by Gasteiger charge is 2.24. The van der Waals surface area contributed by atoms with Gasteiger partial charge in [0, 0.05) is 11.6 Å². The molecule has 1 aromatic rings. The van der Waals surface area contributed by atoms with Crippen molar-refractivity contribution in [3.8, 4) is 0 Å². The van der Waals surface area contributed by atoms with E-state index in [2.05, 4.69) is 34.4 Å². The van der Waals surface area contributed by atoms with Gasteiger partial charge >= 0.3 is 0 Å². The van der Waals surface area contributed by atoms with Crippen molar-refractivity contribution in [2.24, 2.45) is 5.92 Å². The molecule has 0 spiro atoms. The lowest BCUT2D eigenvalue weighted by Gasteiger charge is -2.35. The van der Waals surface area contributed by atoms with Crippen LogP contribution >= 0.6 is 11.3 Å². The van der Waals surface area contributed by atoms with Crippen LogP contribution in [-0.4, -0.2) is 36.1 Å². The van der Waals surface area contributed by atoms with E-state index in [-0.39, 0.29) is 0 Å². The van der Waals surface area contributed by atoms with Gasteiger partial charge in [0.1, 0.15) is 5.01 Å². The Hall–Kier alpha value is -0.450. The van der Waals surface area contributed by atoms with Gasteiger partial charge < -0.3 is 5.32 Å². The molecule has 1 unspecified atom stereocenters. The summed E-state index contributed by atoms with van der Waals surface area (Å²) < 4.78 is 0. The predicted octanol–water partition coefficient (Wildman–Crippen LogP) is 2.53. The molecule has 0 aliphatic carbocycles. The molecule has 2 heterocycles. The lowest BCUT2D eigenvalue weighted by molar-refractivity contribution is 0.140. The van der Waals surface area contributed by atoms with Crippen LogP contribution in [0.3, 0.4) is 0 Å². The molecule has 1 saturated heterocycles. The number of thiazole rings is 1. The maximum absolute atomic E-state index is 4.42. The summed E-state index contributed by atoms with van der Waals surface area (Å²) in [5.74, 6) is 0.870. The van der Waals surface area contributed by atoms with E-state index in [0.29, 0.717) is 6.04 Å². The number of aromatic nitrogens is 1. The molecule has 1 atom stereocenters. The first-order valence-electron chi connectivity index (χ1n) is 6.65. The second-order valence-corrected chi connectivity index (χ2v) is 5.76. The molecule has 1 fully saturated rings. The highest BCUT2D eigenvalue weighted by Crippen LogP contribution is 2.27. The third kappa shape index (κ3) is 3.50. The maximum Gasteiger partial charge on any atom is 0.109 e. The van der Waals surface area contributed by atoms with E-state index < -0.39 is 0 Å². The summed E-state index contributed by atoms with van der Waals surface area (Å²) in [4.78, 5) is 7.00. The number of nitrogens with zero attached hydrogens (tertiary/aromatic N) is 2. The van der Waals surface area contributed by atoms with Gasteiger partial charge in [0.2, 0.25) is 0 Å². The molecule has 0 amide bonds. The fourth-order valence-corrected chi connectivity index (χ4v) is 3.22. The number of hydrogen-bond donors (Lipinski definition) is 1. The van der Waals surface area contributed by atoms with Crippen LogP contribution in [0.4, 0.5) is 0 Å². The smallest absolute Gasteiger partial charge is 0.109 e. The van der Waals surface area contributed by atoms with Crippen LogP contribution in [-0.2, 0) is 0 Å². The van der Waals surface area contributed by atoms with Crippen molar-refractivity contribution in [3.05, 3.63) is 16.6 Å². The minimum absolute atomic E-state index is 0.495. The van der Waals surface area contributed by atoms with Gasteiger partial charge in [0.15, 0.2) is 0 Å². The summed E-state index contributed by atoms with van der Waals surface area (Å²) in [6.45, 7) is 9.18. The van der Waals surface area contributed by atoms with Crippen molar-refractivity contribution in [1.82, 2.24) is 15.2 Å². The third-order valence-corrected chi connectivity index (χ3v) is 4.63. The largest absolute Gasteiger partial charge is 0.317 e. The molecular formula is C13H23N3S. The second kappa shape index (κ2) is 6.47. The summed E-state index contributed by atoms with van der Waals surface area (Å²) in [5.41, 5.74) is 0. The molecule has 1 aliphatic rings. The van der Waals surface area contributed by atoms with E-state index >= 15 is 0 Å². The zero-order chi connectivity index (χ0) is 12.1. The lowest BCUT2D eigenvalue weighted by atomic mass is 9.96. The molecule has 1 aliphatic heterocycles. The average molecular weight is 253 g/mol. The first-order valence-corrected chi connectivity index (χ1v) is 7.53. The van der Waals surface area contributed by atoms with Crippen LogP contribution in [0, 0.1) is 5.92 Å². The van der Waals surface area contributed by atoms with Crippen LogP contribution < -0.4 is 5.32 Å². The van der Waals surface area contributed by atoms with Gasteiger partial charge in [-0.25, -0.2) is 4.98 Å². The molecule has 1 N–H and O–H groups in total. The number of hydrogen-bond acceptors (Lipinski definition) is 4. The van der Waals surface area contributed by atoms with Crippen LogP contribution in [0.2, 0.25) is 0 Å². The summed E-state index contributed by atoms with van der Waals surface area (Å²) in [5, 5.41) is 6.79. The fourth-order valence-electron chi connectivity index (χ4n) is 2.49. The second-order valence-electron chi connectivity index (χ2n) is 4.83. The Bertz CT molecular complexity index is 304. The van der Waals surface area contributed by atoms with E-state index in [1.165, 1.54) is 37.5 Å². The Morgan fingerprint density at radius 1 is 1.53 bits per heavy atom. The first kappa shape index (κ1) is 13.0. The Morgan fingerprint density at radius 2 is 2.29 bits per heavy atom. The molecule has 96 valence electrons. The lowest BCUT2D eigenvalue weighted by Crippen LogP contribution is -2.38. The van der Waals surface area contributed by atoms with Gasteiger partial charge in [-0.05, 0) is 51.9 Å². The van der Waals surface area contributed by atoms with E-state index in [1.54, 1.807) is 11.3 Å². The number of rotatable bonds is 5. The number of likely N-dealkylation sites (tertiary alicyclic amines) is 1. The zero-order valence-electron chi connectivity index (χ0n) is 10.9. The molecule has 1 aromatic heterocycles.